The largest absolute Gasteiger partial charge is 0.317 e. The molecule has 0 atom stereocenters. The van der Waals surface area contributed by atoms with Gasteiger partial charge in [0.05, 0.1) is 0 Å². The molecular weight excluding hydrogens is 311 g/mol. The Morgan fingerprint density at radius 3 is 2.76 bits per heavy atom. The van der Waals surface area contributed by atoms with Crippen LogP contribution in [0.2, 0.25) is 10.3 Å². The molecule has 0 radical (unpaired) electrons. The second-order valence-corrected chi connectivity index (χ2v) is 5.37. The Morgan fingerprint density at radius 1 is 1.24 bits per heavy atom. The number of carbonyl (C=O) groups excluding carboxylic acids is 1. The first-order chi connectivity index (χ1) is 10.2. The van der Waals surface area contributed by atoms with Crippen molar-refractivity contribution in [1.82, 2.24) is 15.3 Å². The number of halogens is 2. The Labute approximate surface area is 131 Å². The molecule has 0 bridgehead atoms. The molecule has 1 aliphatic heterocycles. The van der Waals surface area contributed by atoms with E-state index >= 15 is 0 Å². The summed E-state index contributed by atoms with van der Waals surface area (Å²) in [6.45, 7) is 1.62. The van der Waals surface area contributed by atoms with E-state index in [9.17, 15) is 4.79 Å². The van der Waals surface area contributed by atoms with Gasteiger partial charge in [-0.2, -0.15) is 0 Å². The Morgan fingerprint density at radius 2 is 2.00 bits per heavy atom. The number of carbonyl (C=O) groups is 1. The van der Waals surface area contributed by atoms with Crippen molar-refractivity contribution < 1.29 is 4.79 Å². The SMILES string of the molecule is O=C(Nc1c(Cl)ncnc1Cl)c1cccc2c1CCNC2. The summed E-state index contributed by atoms with van der Waals surface area (Å²) < 4.78 is 0. The van der Waals surface area contributed by atoms with Gasteiger partial charge < -0.3 is 10.6 Å². The normalized spacial score (nSPS) is 13.6. The first kappa shape index (κ1) is 14.3. The number of aromatic nitrogens is 2. The minimum Gasteiger partial charge on any atom is -0.317 e. The number of hydrogen-bond acceptors (Lipinski definition) is 4. The molecule has 3 rings (SSSR count). The van der Waals surface area contributed by atoms with Gasteiger partial charge in [-0.1, -0.05) is 35.3 Å². The molecule has 2 N–H and O–H groups in total. The summed E-state index contributed by atoms with van der Waals surface area (Å²) in [6, 6.07) is 5.68. The lowest BCUT2D eigenvalue weighted by Crippen LogP contribution is -2.26. The highest BCUT2D eigenvalue weighted by atomic mass is 35.5. The van der Waals surface area contributed by atoms with Gasteiger partial charge in [0.15, 0.2) is 10.3 Å². The molecule has 5 nitrogen and oxygen atoms in total. The van der Waals surface area contributed by atoms with E-state index in [2.05, 4.69) is 20.6 Å². The van der Waals surface area contributed by atoms with Crippen molar-refractivity contribution in [3.05, 3.63) is 51.5 Å². The quantitative estimate of drug-likeness (QED) is 0.834. The van der Waals surface area contributed by atoms with Crippen LogP contribution in [-0.2, 0) is 13.0 Å². The number of rotatable bonds is 2. The van der Waals surface area contributed by atoms with Gasteiger partial charge >= 0.3 is 0 Å². The summed E-state index contributed by atoms with van der Waals surface area (Å²) in [7, 11) is 0. The van der Waals surface area contributed by atoms with Crippen LogP contribution in [-0.4, -0.2) is 22.4 Å². The van der Waals surface area contributed by atoms with Crippen molar-refractivity contribution in [1.29, 1.82) is 0 Å². The summed E-state index contributed by atoms with van der Waals surface area (Å²) >= 11 is 11.9. The van der Waals surface area contributed by atoms with Gasteiger partial charge in [0.25, 0.3) is 5.91 Å². The standard InChI is InChI=1S/C14H12Cl2N4O/c15-12-11(13(16)19-7-18-12)20-14(21)10-3-1-2-8-6-17-5-4-9(8)10/h1-3,7,17H,4-6H2,(H,20,21). The van der Waals surface area contributed by atoms with E-state index in [1.807, 2.05) is 12.1 Å². The Bertz CT molecular complexity index is 685. The second kappa shape index (κ2) is 5.97. The van der Waals surface area contributed by atoms with Gasteiger partial charge in [-0.05, 0) is 30.2 Å². The fourth-order valence-electron chi connectivity index (χ4n) is 2.37. The predicted molar refractivity (Wildman–Crippen MR) is 81.9 cm³/mol. The zero-order chi connectivity index (χ0) is 14.8. The van der Waals surface area contributed by atoms with E-state index in [-0.39, 0.29) is 21.9 Å². The zero-order valence-electron chi connectivity index (χ0n) is 11.0. The molecular formula is C14H12Cl2N4O. The number of nitrogens with one attached hydrogen (secondary N) is 2. The number of anilines is 1. The molecule has 21 heavy (non-hydrogen) atoms. The van der Waals surface area contributed by atoms with Crippen LogP contribution in [0, 0.1) is 0 Å². The molecule has 1 amide bonds. The third-order valence-electron chi connectivity index (χ3n) is 3.38. The van der Waals surface area contributed by atoms with Crippen LogP contribution < -0.4 is 10.6 Å². The third-order valence-corrected chi connectivity index (χ3v) is 3.95. The van der Waals surface area contributed by atoms with Gasteiger partial charge in [-0.25, -0.2) is 9.97 Å². The van der Waals surface area contributed by atoms with Gasteiger partial charge in [-0.3, -0.25) is 4.79 Å². The van der Waals surface area contributed by atoms with E-state index in [0.29, 0.717) is 5.56 Å². The summed E-state index contributed by atoms with van der Waals surface area (Å²) in [5.74, 6) is -0.257. The van der Waals surface area contributed by atoms with Crippen LogP contribution in [0.15, 0.2) is 24.5 Å². The molecule has 0 spiro atoms. The van der Waals surface area contributed by atoms with Crippen LogP contribution in [0.1, 0.15) is 21.5 Å². The third kappa shape index (κ3) is 2.85. The van der Waals surface area contributed by atoms with Crippen LogP contribution in [0.4, 0.5) is 5.69 Å². The topological polar surface area (TPSA) is 66.9 Å². The average Bonchev–Trinajstić information content (AvgIpc) is 2.50. The van der Waals surface area contributed by atoms with Crippen molar-refractivity contribution in [3.8, 4) is 0 Å². The molecule has 7 heteroatoms. The summed E-state index contributed by atoms with van der Waals surface area (Å²) in [6.07, 6.45) is 2.06. The van der Waals surface area contributed by atoms with Crippen LogP contribution in [0.25, 0.3) is 0 Å². The van der Waals surface area contributed by atoms with E-state index in [4.69, 9.17) is 23.2 Å². The Balaban J connectivity index is 1.93. The minimum atomic E-state index is -0.257. The molecule has 1 aromatic carbocycles. The van der Waals surface area contributed by atoms with Crippen molar-refractivity contribution in [3.63, 3.8) is 0 Å². The van der Waals surface area contributed by atoms with Crippen molar-refractivity contribution in [2.45, 2.75) is 13.0 Å². The Kier molecular flexibility index (Phi) is 4.05. The van der Waals surface area contributed by atoms with E-state index in [1.54, 1.807) is 6.07 Å². The zero-order valence-corrected chi connectivity index (χ0v) is 12.5. The molecule has 1 aromatic heterocycles. The monoisotopic (exact) mass is 322 g/mol. The maximum absolute atomic E-state index is 12.5. The smallest absolute Gasteiger partial charge is 0.256 e. The number of benzene rings is 1. The van der Waals surface area contributed by atoms with Crippen LogP contribution in [0.5, 0.6) is 0 Å². The molecule has 0 aliphatic carbocycles. The first-order valence-corrected chi connectivity index (χ1v) is 7.21. The van der Waals surface area contributed by atoms with Gasteiger partial charge in [0.1, 0.15) is 12.0 Å². The first-order valence-electron chi connectivity index (χ1n) is 6.45. The summed E-state index contributed by atoms with van der Waals surface area (Å²) in [5, 5.41) is 6.22. The maximum atomic E-state index is 12.5. The lowest BCUT2D eigenvalue weighted by Gasteiger charge is -2.20. The number of hydrogen-bond donors (Lipinski definition) is 2. The molecule has 0 saturated heterocycles. The highest BCUT2D eigenvalue weighted by Gasteiger charge is 2.19. The van der Waals surface area contributed by atoms with Crippen molar-refractivity contribution in [2.75, 3.05) is 11.9 Å². The number of nitrogens with zero attached hydrogens (tertiary/aromatic N) is 2. The number of amides is 1. The molecule has 0 fully saturated rings. The van der Waals surface area contributed by atoms with Crippen molar-refractivity contribution in [2.24, 2.45) is 0 Å². The molecule has 1 aliphatic rings. The second-order valence-electron chi connectivity index (χ2n) is 4.65. The van der Waals surface area contributed by atoms with Crippen LogP contribution >= 0.6 is 23.2 Å². The molecule has 0 saturated carbocycles. The molecule has 2 aromatic rings. The fraction of sp³-hybridized carbons (Fsp3) is 0.214. The van der Waals surface area contributed by atoms with E-state index in [0.717, 1.165) is 30.6 Å². The lowest BCUT2D eigenvalue weighted by molar-refractivity contribution is 0.102. The predicted octanol–water partition coefficient (Wildman–Crippen LogP) is 2.68. The van der Waals surface area contributed by atoms with Crippen molar-refractivity contribution >= 4 is 34.8 Å². The number of fused-ring (bicyclic) bond motifs is 1. The minimum absolute atomic E-state index is 0.120. The van der Waals surface area contributed by atoms with E-state index in [1.165, 1.54) is 6.33 Å². The highest BCUT2D eigenvalue weighted by Crippen LogP contribution is 2.27. The Hall–Kier alpha value is -1.69. The van der Waals surface area contributed by atoms with Gasteiger partial charge in [-0.15, -0.1) is 0 Å². The van der Waals surface area contributed by atoms with Crippen LogP contribution in [0.3, 0.4) is 0 Å². The fourth-order valence-corrected chi connectivity index (χ4v) is 2.78. The highest BCUT2D eigenvalue weighted by molar-refractivity contribution is 6.38. The van der Waals surface area contributed by atoms with Gasteiger partial charge in [0.2, 0.25) is 0 Å². The maximum Gasteiger partial charge on any atom is 0.256 e. The molecule has 108 valence electrons. The summed E-state index contributed by atoms with van der Waals surface area (Å²) in [4.78, 5) is 20.1. The molecule has 2 heterocycles. The average molecular weight is 323 g/mol. The molecule has 0 unspecified atom stereocenters. The lowest BCUT2D eigenvalue weighted by atomic mass is 9.95. The summed E-state index contributed by atoms with van der Waals surface area (Å²) in [5.41, 5.74) is 3.05. The van der Waals surface area contributed by atoms with E-state index < -0.39 is 0 Å². The van der Waals surface area contributed by atoms with Gasteiger partial charge in [0, 0.05) is 12.1 Å².